The van der Waals surface area contributed by atoms with Crippen LogP contribution in [0.25, 0.3) is 0 Å². The highest BCUT2D eigenvalue weighted by molar-refractivity contribution is 7.94. The number of rotatable bonds is 7. The van der Waals surface area contributed by atoms with Crippen molar-refractivity contribution in [3.05, 3.63) is 11.6 Å². The molecule has 1 aromatic heterocycles. The molecule has 0 fully saturated rings. The lowest BCUT2D eigenvalue weighted by Crippen LogP contribution is -2.43. The van der Waals surface area contributed by atoms with Gasteiger partial charge in [-0.05, 0) is 19.0 Å². The van der Waals surface area contributed by atoms with Crippen LogP contribution >= 0.6 is 11.3 Å². The van der Waals surface area contributed by atoms with E-state index in [9.17, 15) is 16.8 Å². The quantitative estimate of drug-likeness (QED) is 0.639. The van der Waals surface area contributed by atoms with Crippen molar-refractivity contribution >= 4 is 31.4 Å². The average Bonchev–Trinajstić information content (AvgIpc) is 2.92. The number of hydrogen-bond acceptors (Lipinski definition) is 7. The molecular weight excluding hydrogens is 362 g/mol. The zero-order chi connectivity index (χ0) is 21.5. The van der Waals surface area contributed by atoms with Gasteiger partial charge in [-0.15, -0.1) is 11.3 Å². The smallest absolute Gasteiger partial charge is 0.252 e. The first kappa shape index (κ1) is 12.8. The molecule has 0 bridgehead atoms. The van der Waals surface area contributed by atoms with Crippen LogP contribution in [0.15, 0.2) is 14.5 Å². The van der Waals surface area contributed by atoms with Crippen molar-refractivity contribution in [3.63, 3.8) is 0 Å². The van der Waals surface area contributed by atoms with E-state index in [2.05, 4.69) is 10.1 Å². The summed E-state index contributed by atoms with van der Waals surface area (Å²) in [5.41, 5.74) is 0.134. The topological polar surface area (TPSA) is 119 Å². The zero-order valence-electron chi connectivity index (χ0n) is 17.3. The van der Waals surface area contributed by atoms with Crippen molar-refractivity contribution in [1.82, 2.24) is 9.62 Å². The second-order valence-corrected chi connectivity index (χ2v) is 9.84. The Bertz CT molecular complexity index is 924. The first-order chi connectivity index (χ1) is 12.5. The van der Waals surface area contributed by atoms with E-state index < -0.39 is 39.6 Å². The number of nitrogens with zero attached hydrogens (tertiary/aromatic N) is 1. The minimum atomic E-state index is -4.14. The number of hydrogen-bond donors (Lipinski definition) is 2. The van der Waals surface area contributed by atoms with E-state index in [1.54, 1.807) is 0 Å². The highest BCUT2D eigenvalue weighted by Crippen LogP contribution is 2.39. The molecule has 0 aromatic carbocycles. The fourth-order valence-corrected chi connectivity index (χ4v) is 6.60. The molecule has 8 nitrogen and oxygen atoms in total. The molecule has 0 radical (unpaired) electrons. The molecule has 0 saturated carbocycles. The summed E-state index contributed by atoms with van der Waals surface area (Å²) >= 11 is 0.500. The minimum absolute atomic E-state index is 0.0780. The summed E-state index contributed by atoms with van der Waals surface area (Å²) in [5.74, 6) is 0. The van der Waals surface area contributed by atoms with Gasteiger partial charge in [0.2, 0.25) is 10.0 Å². The van der Waals surface area contributed by atoms with E-state index >= 15 is 0 Å². The molecule has 0 spiro atoms. The summed E-state index contributed by atoms with van der Waals surface area (Å²) in [6.45, 7) is -1.04. The van der Waals surface area contributed by atoms with E-state index in [0.717, 1.165) is 10.4 Å². The Hall–Kier alpha value is -0.560. The molecule has 1 atom stereocenters. The lowest BCUT2D eigenvalue weighted by molar-refractivity contribution is 0.185. The molecule has 3 N–H and O–H groups in total. The molecule has 1 aromatic rings. The summed E-state index contributed by atoms with van der Waals surface area (Å²) < 4.78 is 90.5. The third kappa shape index (κ3) is 3.92. The van der Waals surface area contributed by atoms with Gasteiger partial charge in [0.25, 0.3) is 10.0 Å². The van der Waals surface area contributed by atoms with Crippen LogP contribution in [0.5, 0.6) is 0 Å². The Kier molecular flexibility index (Phi) is 3.95. The highest BCUT2D eigenvalue weighted by atomic mass is 32.3. The second kappa shape index (κ2) is 7.13. The molecule has 2 heterocycles. The van der Waals surface area contributed by atoms with Crippen LogP contribution in [0.1, 0.15) is 31.8 Å². The monoisotopic (exact) mass is 388 g/mol. The molecular formula is C12H21N3O5S3. The van der Waals surface area contributed by atoms with Crippen molar-refractivity contribution in [2.75, 3.05) is 33.2 Å². The first-order valence-electron chi connectivity index (χ1n) is 9.09. The van der Waals surface area contributed by atoms with Gasteiger partial charge in [0, 0.05) is 41.1 Å². The van der Waals surface area contributed by atoms with Gasteiger partial charge in [-0.2, -0.15) is 4.31 Å². The van der Waals surface area contributed by atoms with Crippen molar-refractivity contribution < 1.29 is 28.4 Å². The number of thiophene rings is 1. The van der Waals surface area contributed by atoms with Gasteiger partial charge in [-0.25, -0.2) is 22.0 Å². The van der Waals surface area contributed by atoms with Gasteiger partial charge in [0.1, 0.15) is 8.42 Å². The maximum atomic E-state index is 12.9. The summed E-state index contributed by atoms with van der Waals surface area (Å²) in [6, 6.07) is 0.333. The van der Waals surface area contributed by atoms with E-state index in [1.807, 2.05) is 0 Å². The molecule has 0 amide bonds. The van der Waals surface area contributed by atoms with Gasteiger partial charge < -0.3 is 10.1 Å². The number of fused-ring (bicyclic) bond motifs is 1. The third-order valence-electron chi connectivity index (χ3n) is 3.29. The van der Waals surface area contributed by atoms with Crippen LogP contribution in [0, 0.1) is 0 Å². The van der Waals surface area contributed by atoms with Crippen LogP contribution in [0.4, 0.5) is 0 Å². The standard InChI is InChI=1S/C12H21N3O5S3/c1-3-14-10-8-15(5-4-6-20-2)23(18,19)12-9(10)7-11(21-12)22(13,16)17/h7,10,14H,3-6,8H2,1-2H3,(H2,13,16,17)/t10-/m0/s1/i2D3,3D2. The van der Waals surface area contributed by atoms with Crippen molar-refractivity contribution in [2.45, 2.75) is 27.8 Å². The number of ether oxygens (including phenoxy) is 1. The fourth-order valence-electron chi connectivity index (χ4n) is 2.29. The summed E-state index contributed by atoms with van der Waals surface area (Å²) in [6.07, 6.45) is 0.0894. The highest BCUT2D eigenvalue weighted by Gasteiger charge is 2.39. The summed E-state index contributed by atoms with van der Waals surface area (Å²) in [5, 5.41) is 7.75. The molecule has 23 heavy (non-hydrogen) atoms. The summed E-state index contributed by atoms with van der Waals surface area (Å²) in [4.78, 5) is 0. The van der Waals surface area contributed by atoms with Gasteiger partial charge in [0.15, 0.2) is 0 Å². The molecule has 0 aliphatic carbocycles. The normalized spacial score (nSPS) is 25.7. The molecule has 132 valence electrons. The number of methoxy groups -OCH3 is 1. The maximum Gasteiger partial charge on any atom is 0.252 e. The fraction of sp³-hybridized carbons (Fsp3) is 0.667. The minimum Gasteiger partial charge on any atom is -0.385 e. The molecule has 11 heteroatoms. The number of likely N-dealkylation sites (N-methyl/N-ethyl adjacent to an activating group) is 1. The average molecular weight is 389 g/mol. The first-order valence-corrected chi connectivity index (χ1v) is 10.4. The van der Waals surface area contributed by atoms with Gasteiger partial charge in [-0.3, -0.25) is 0 Å². The zero-order valence-corrected chi connectivity index (χ0v) is 14.7. The molecule has 2 rings (SSSR count). The molecule has 1 aliphatic heterocycles. The lowest BCUT2D eigenvalue weighted by Gasteiger charge is -2.32. The predicted octanol–water partition coefficient (Wildman–Crippen LogP) is 0.0869. The second-order valence-electron chi connectivity index (χ2n) is 4.87. The van der Waals surface area contributed by atoms with Crippen molar-refractivity contribution in [2.24, 2.45) is 5.14 Å². The predicted molar refractivity (Wildman–Crippen MR) is 87.4 cm³/mol. The SMILES string of the molecule is [2H]C([2H])(C)N[C@H]1CN(CCCOC([2H])([2H])[2H])S(=O)(=O)c2sc(S(N)(=O)=O)cc21. The number of primary sulfonamides is 1. The Morgan fingerprint density at radius 1 is 1.65 bits per heavy atom. The number of nitrogens with two attached hydrogens (primary N) is 1. The van der Waals surface area contributed by atoms with E-state index in [0.29, 0.717) is 11.3 Å². The van der Waals surface area contributed by atoms with E-state index in [1.165, 1.54) is 6.92 Å². The maximum absolute atomic E-state index is 12.9. The van der Waals surface area contributed by atoms with E-state index in [-0.39, 0.29) is 40.1 Å². The van der Waals surface area contributed by atoms with Crippen LogP contribution in [-0.2, 0) is 24.8 Å². The third-order valence-corrected chi connectivity index (χ3v) is 8.25. The van der Waals surface area contributed by atoms with Crippen molar-refractivity contribution in [3.8, 4) is 0 Å². The Morgan fingerprint density at radius 2 is 2.39 bits per heavy atom. The van der Waals surface area contributed by atoms with E-state index in [4.69, 9.17) is 12.0 Å². The Labute approximate surface area is 147 Å². The van der Waals surface area contributed by atoms with Crippen LogP contribution in [0.3, 0.4) is 0 Å². The number of sulfonamides is 2. The Morgan fingerprint density at radius 3 is 3.00 bits per heavy atom. The van der Waals surface area contributed by atoms with Crippen LogP contribution < -0.4 is 10.5 Å². The van der Waals surface area contributed by atoms with Crippen molar-refractivity contribution in [1.29, 1.82) is 0 Å². The molecule has 1 aliphatic rings. The Balaban J connectivity index is 2.34. The van der Waals surface area contributed by atoms with Crippen LogP contribution in [-0.4, -0.2) is 54.4 Å². The largest absolute Gasteiger partial charge is 0.385 e. The lowest BCUT2D eigenvalue weighted by atomic mass is 10.1. The van der Waals surface area contributed by atoms with Gasteiger partial charge in [0.05, 0.1) is 4.11 Å². The number of nitrogens with one attached hydrogen (secondary N) is 1. The van der Waals surface area contributed by atoms with Gasteiger partial charge in [-0.1, -0.05) is 6.92 Å². The summed E-state index contributed by atoms with van der Waals surface area (Å²) in [7, 11) is -10.8. The van der Waals surface area contributed by atoms with Crippen LogP contribution in [0.2, 0.25) is 0 Å². The molecule has 0 unspecified atom stereocenters. The van der Waals surface area contributed by atoms with Gasteiger partial charge >= 0.3 is 0 Å². The molecule has 0 saturated heterocycles.